The van der Waals surface area contributed by atoms with E-state index in [0.29, 0.717) is 5.82 Å². The van der Waals surface area contributed by atoms with Crippen LogP contribution in [0.2, 0.25) is 0 Å². The van der Waals surface area contributed by atoms with Gasteiger partial charge in [-0.2, -0.15) is 0 Å². The molecule has 0 spiro atoms. The molecular weight excluding hydrogens is 204 g/mol. The molecule has 16 heavy (non-hydrogen) atoms. The van der Waals surface area contributed by atoms with Crippen molar-refractivity contribution in [2.24, 2.45) is 0 Å². The summed E-state index contributed by atoms with van der Waals surface area (Å²) in [7, 11) is 0. The second-order valence-electron chi connectivity index (χ2n) is 4.37. The van der Waals surface area contributed by atoms with Gasteiger partial charge in [-0.1, -0.05) is 0 Å². The molecule has 0 saturated carbocycles. The molecular formula is C11H18N4O. The number of nitrogens with two attached hydrogens (primary N) is 1. The average molecular weight is 222 g/mol. The first-order valence-corrected chi connectivity index (χ1v) is 5.55. The molecule has 2 rings (SSSR count). The van der Waals surface area contributed by atoms with Crippen LogP contribution in [0, 0.1) is 6.92 Å². The first-order valence-electron chi connectivity index (χ1n) is 5.55. The highest BCUT2D eigenvalue weighted by molar-refractivity contribution is 5.55. The highest BCUT2D eigenvalue weighted by atomic mass is 16.5. The monoisotopic (exact) mass is 222 g/mol. The summed E-state index contributed by atoms with van der Waals surface area (Å²) in [6.45, 7) is 7.80. The fourth-order valence-electron chi connectivity index (χ4n) is 2.12. The number of ether oxygens (including phenoxy) is 1. The second-order valence-corrected chi connectivity index (χ2v) is 4.37. The van der Waals surface area contributed by atoms with Gasteiger partial charge in [0, 0.05) is 18.7 Å². The van der Waals surface area contributed by atoms with Crippen molar-refractivity contribution in [3.8, 4) is 0 Å². The fourth-order valence-corrected chi connectivity index (χ4v) is 2.12. The van der Waals surface area contributed by atoms with Crippen LogP contribution in [0.3, 0.4) is 0 Å². The molecule has 88 valence electrons. The van der Waals surface area contributed by atoms with Crippen molar-refractivity contribution in [2.45, 2.75) is 33.0 Å². The van der Waals surface area contributed by atoms with Gasteiger partial charge >= 0.3 is 0 Å². The molecule has 1 aliphatic rings. The van der Waals surface area contributed by atoms with Crippen molar-refractivity contribution in [1.82, 2.24) is 9.97 Å². The zero-order valence-electron chi connectivity index (χ0n) is 9.97. The molecule has 1 aromatic rings. The number of aromatic nitrogens is 2. The summed E-state index contributed by atoms with van der Waals surface area (Å²) in [5, 5.41) is 0. The van der Waals surface area contributed by atoms with Crippen LogP contribution >= 0.6 is 0 Å². The maximum atomic E-state index is 5.79. The Balaban J connectivity index is 2.26. The predicted molar refractivity (Wildman–Crippen MR) is 63.4 cm³/mol. The van der Waals surface area contributed by atoms with Gasteiger partial charge in [-0.15, -0.1) is 0 Å². The van der Waals surface area contributed by atoms with Gasteiger partial charge in [-0.05, 0) is 20.8 Å². The lowest BCUT2D eigenvalue weighted by molar-refractivity contribution is -0.00549. The number of rotatable bonds is 1. The lowest BCUT2D eigenvalue weighted by atomic mass is 10.2. The van der Waals surface area contributed by atoms with E-state index in [2.05, 4.69) is 28.7 Å². The number of hydrogen-bond acceptors (Lipinski definition) is 5. The molecule has 1 saturated heterocycles. The molecule has 0 aromatic carbocycles. The molecule has 0 radical (unpaired) electrons. The Bertz CT molecular complexity index is 372. The van der Waals surface area contributed by atoms with Gasteiger partial charge in [0.25, 0.3) is 0 Å². The first-order chi connectivity index (χ1) is 7.58. The van der Waals surface area contributed by atoms with Crippen LogP contribution in [0.1, 0.15) is 19.4 Å². The van der Waals surface area contributed by atoms with E-state index in [9.17, 15) is 0 Å². The van der Waals surface area contributed by atoms with Gasteiger partial charge in [0.15, 0.2) is 0 Å². The van der Waals surface area contributed by atoms with Crippen molar-refractivity contribution in [3.63, 3.8) is 0 Å². The van der Waals surface area contributed by atoms with E-state index in [-0.39, 0.29) is 12.2 Å². The summed E-state index contributed by atoms with van der Waals surface area (Å²) >= 11 is 0. The Morgan fingerprint density at radius 1 is 1.31 bits per heavy atom. The number of nitrogen functional groups attached to an aromatic ring is 1. The summed E-state index contributed by atoms with van der Waals surface area (Å²) in [6.07, 6.45) is 1.96. The first kappa shape index (κ1) is 11.1. The zero-order chi connectivity index (χ0) is 11.7. The van der Waals surface area contributed by atoms with Crippen LogP contribution < -0.4 is 10.6 Å². The van der Waals surface area contributed by atoms with Crippen molar-refractivity contribution in [3.05, 3.63) is 11.9 Å². The maximum absolute atomic E-state index is 5.79. The summed E-state index contributed by atoms with van der Waals surface area (Å²) in [5.74, 6) is 1.48. The van der Waals surface area contributed by atoms with Gasteiger partial charge < -0.3 is 15.4 Å². The lowest BCUT2D eigenvalue weighted by Gasteiger charge is -2.36. The molecule has 2 atom stereocenters. The van der Waals surface area contributed by atoms with Gasteiger partial charge in [0.2, 0.25) is 0 Å². The van der Waals surface area contributed by atoms with Gasteiger partial charge in [0.1, 0.15) is 18.0 Å². The Labute approximate surface area is 95.6 Å². The quantitative estimate of drug-likeness (QED) is 0.767. The van der Waals surface area contributed by atoms with Crippen molar-refractivity contribution in [1.29, 1.82) is 0 Å². The molecule has 5 nitrogen and oxygen atoms in total. The predicted octanol–water partition coefficient (Wildman–Crippen LogP) is 0.981. The SMILES string of the molecule is Cc1c(N)ncnc1N1CC(C)OC(C)C1. The Hall–Kier alpha value is -1.36. The van der Waals surface area contributed by atoms with Gasteiger partial charge in [0.05, 0.1) is 12.2 Å². The van der Waals surface area contributed by atoms with Crippen LogP contribution in [0.25, 0.3) is 0 Å². The molecule has 0 bridgehead atoms. The molecule has 2 N–H and O–H groups in total. The summed E-state index contributed by atoms with van der Waals surface area (Å²) in [5.41, 5.74) is 6.74. The molecule has 2 heterocycles. The van der Waals surface area contributed by atoms with E-state index in [1.54, 1.807) is 0 Å². The van der Waals surface area contributed by atoms with Crippen LogP contribution in [-0.4, -0.2) is 35.3 Å². The summed E-state index contributed by atoms with van der Waals surface area (Å²) in [6, 6.07) is 0. The van der Waals surface area contributed by atoms with E-state index >= 15 is 0 Å². The highest BCUT2D eigenvalue weighted by Gasteiger charge is 2.24. The Kier molecular flexibility index (Phi) is 2.96. The normalized spacial score (nSPS) is 25.8. The molecule has 1 aliphatic heterocycles. The van der Waals surface area contributed by atoms with Crippen molar-refractivity contribution >= 4 is 11.6 Å². The van der Waals surface area contributed by atoms with E-state index in [1.807, 2.05) is 6.92 Å². The standard InChI is InChI=1S/C11H18N4O/c1-7-4-15(5-8(2)16-7)11-9(3)10(12)13-6-14-11/h6-8H,4-5H2,1-3H3,(H2,12,13,14). The van der Waals surface area contributed by atoms with Gasteiger partial charge in [-0.25, -0.2) is 9.97 Å². The van der Waals surface area contributed by atoms with E-state index in [4.69, 9.17) is 10.5 Å². The molecule has 2 unspecified atom stereocenters. The van der Waals surface area contributed by atoms with Crippen molar-refractivity contribution < 1.29 is 4.74 Å². The van der Waals surface area contributed by atoms with Crippen LogP contribution in [0.15, 0.2) is 6.33 Å². The molecule has 1 aromatic heterocycles. The minimum atomic E-state index is 0.222. The summed E-state index contributed by atoms with van der Waals surface area (Å²) in [4.78, 5) is 10.5. The maximum Gasteiger partial charge on any atom is 0.137 e. The number of morpholine rings is 1. The minimum Gasteiger partial charge on any atom is -0.383 e. The van der Waals surface area contributed by atoms with Crippen molar-refractivity contribution in [2.75, 3.05) is 23.7 Å². The Morgan fingerprint density at radius 2 is 1.94 bits per heavy atom. The molecule has 0 amide bonds. The highest BCUT2D eigenvalue weighted by Crippen LogP contribution is 2.23. The number of anilines is 2. The largest absolute Gasteiger partial charge is 0.383 e. The van der Waals surface area contributed by atoms with Crippen LogP contribution in [0.4, 0.5) is 11.6 Å². The molecule has 5 heteroatoms. The lowest BCUT2D eigenvalue weighted by Crippen LogP contribution is -2.46. The molecule has 0 aliphatic carbocycles. The second kappa shape index (κ2) is 4.25. The topological polar surface area (TPSA) is 64.3 Å². The van der Waals surface area contributed by atoms with Crippen LogP contribution in [-0.2, 0) is 4.74 Å². The third kappa shape index (κ3) is 2.09. The average Bonchev–Trinajstić information content (AvgIpc) is 2.20. The Morgan fingerprint density at radius 3 is 2.56 bits per heavy atom. The van der Waals surface area contributed by atoms with E-state index in [0.717, 1.165) is 24.5 Å². The van der Waals surface area contributed by atoms with Gasteiger partial charge in [-0.3, -0.25) is 0 Å². The van der Waals surface area contributed by atoms with E-state index in [1.165, 1.54) is 6.33 Å². The third-order valence-corrected chi connectivity index (χ3v) is 2.82. The van der Waals surface area contributed by atoms with E-state index < -0.39 is 0 Å². The fraction of sp³-hybridized carbons (Fsp3) is 0.636. The minimum absolute atomic E-state index is 0.222. The number of hydrogen-bond donors (Lipinski definition) is 1. The summed E-state index contributed by atoms with van der Waals surface area (Å²) < 4.78 is 5.69. The number of nitrogens with zero attached hydrogens (tertiary/aromatic N) is 3. The molecule has 1 fully saturated rings. The smallest absolute Gasteiger partial charge is 0.137 e. The van der Waals surface area contributed by atoms with Crippen LogP contribution in [0.5, 0.6) is 0 Å². The third-order valence-electron chi connectivity index (χ3n) is 2.82. The zero-order valence-corrected chi connectivity index (χ0v) is 9.97.